The van der Waals surface area contributed by atoms with E-state index in [2.05, 4.69) is 16.0 Å². The fraction of sp³-hybridized carbons (Fsp3) is 0.353. The van der Waals surface area contributed by atoms with E-state index in [9.17, 15) is 10.1 Å². The number of aromatic nitrogens is 1. The molecule has 0 radical (unpaired) electrons. The van der Waals surface area contributed by atoms with E-state index >= 15 is 0 Å². The number of nitriles is 1. The summed E-state index contributed by atoms with van der Waals surface area (Å²) in [6.45, 7) is 6.31. The highest BCUT2D eigenvalue weighted by atomic mass is 16.3. The molecule has 0 aromatic carbocycles. The van der Waals surface area contributed by atoms with Gasteiger partial charge in [0.25, 0.3) is 5.91 Å². The van der Waals surface area contributed by atoms with Crippen molar-refractivity contribution in [1.29, 1.82) is 5.26 Å². The van der Waals surface area contributed by atoms with Gasteiger partial charge in [-0.05, 0) is 37.6 Å². The van der Waals surface area contributed by atoms with Crippen molar-refractivity contribution in [3.8, 4) is 6.07 Å². The maximum absolute atomic E-state index is 12.3. The van der Waals surface area contributed by atoms with Crippen molar-refractivity contribution in [1.82, 2.24) is 9.88 Å². The molecule has 1 saturated heterocycles. The van der Waals surface area contributed by atoms with Crippen LogP contribution in [0.3, 0.4) is 0 Å². The van der Waals surface area contributed by atoms with Crippen molar-refractivity contribution in [2.24, 2.45) is 0 Å². The number of carbonyl (C=O) groups is 1. The summed E-state index contributed by atoms with van der Waals surface area (Å²) in [6.07, 6.45) is 1.50. The Morgan fingerprint density at radius 1 is 1.30 bits per heavy atom. The van der Waals surface area contributed by atoms with Crippen LogP contribution in [0.1, 0.15) is 27.4 Å². The second-order valence-corrected chi connectivity index (χ2v) is 5.65. The molecule has 0 aliphatic carbocycles. The Morgan fingerprint density at radius 2 is 2.04 bits per heavy atom. The van der Waals surface area contributed by atoms with Crippen molar-refractivity contribution < 1.29 is 9.21 Å². The molecule has 6 heteroatoms. The third-order valence-corrected chi connectivity index (χ3v) is 4.04. The third-order valence-electron chi connectivity index (χ3n) is 4.04. The number of nitrogens with zero attached hydrogens (tertiary/aromatic N) is 4. The molecule has 1 fully saturated rings. The molecule has 1 amide bonds. The number of amides is 1. The summed E-state index contributed by atoms with van der Waals surface area (Å²) in [7, 11) is 0. The molecule has 2 aromatic heterocycles. The van der Waals surface area contributed by atoms with Gasteiger partial charge in [-0.15, -0.1) is 0 Å². The number of hydrogen-bond donors (Lipinski definition) is 0. The summed E-state index contributed by atoms with van der Waals surface area (Å²) in [5.74, 6) is 0.985. The Morgan fingerprint density at radius 3 is 2.65 bits per heavy atom. The molecule has 0 atom stereocenters. The van der Waals surface area contributed by atoms with Crippen LogP contribution in [0.2, 0.25) is 0 Å². The van der Waals surface area contributed by atoms with Crippen LogP contribution in [0.5, 0.6) is 0 Å². The minimum absolute atomic E-state index is 0.0939. The highest BCUT2D eigenvalue weighted by Crippen LogP contribution is 2.23. The zero-order valence-electron chi connectivity index (χ0n) is 13.2. The van der Waals surface area contributed by atoms with Crippen LogP contribution in [0, 0.1) is 25.2 Å². The van der Waals surface area contributed by atoms with Gasteiger partial charge in [0.1, 0.15) is 11.9 Å². The van der Waals surface area contributed by atoms with E-state index in [1.165, 1.54) is 6.26 Å². The zero-order valence-corrected chi connectivity index (χ0v) is 13.2. The Balaban J connectivity index is 1.75. The number of rotatable bonds is 2. The van der Waals surface area contributed by atoms with Gasteiger partial charge < -0.3 is 14.2 Å². The number of anilines is 1. The lowest BCUT2D eigenvalue weighted by atomic mass is 10.1. The number of piperazine rings is 1. The van der Waals surface area contributed by atoms with Crippen molar-refractivity contribution in [3.63, 3.8) is 0 Å². The van der Waals surface area contributed by atoms with E-state index in [1.54, 1.807) is 17.0 Å². The smallest absolute Gasteiger partial charge is 0.289 e. The maximum atomic E-state index is 12.3. The van der Waals surface area contributed by atoms with Gasteiger partial charge in [0, 0.05) is 31.9 Å². The van der Waals surface area contributed by atoms with Crippen molar-refractivity contribution in [2.45, 2.75) is 13.8 Å². The van der Waals surface area contributed by atoms with Crippen LogP contribution in [0.25, 0.3) is 0 Å². The number of carbonyl (C=O) groups excluding carboxylic acids is 1. The number of aryl methyl sites for hydroxylation is 2. The molecule has 0 saturated carbocycles. The first-order valence-electron chi connectivity index (χ1n) is 7.56. The first-order chi connectivity index (χ1) is 11.1. The molecule has 0 unspecified atom stereocenters. The Labute approximate surface area is 134 Å². The van der Waals surface area contributed by atoms with Crippen LogP contribution in [-0.4, -0.2) is 42.0 Å². The lowest BCUT2D eigenvalue weighted by molar-refractivity contribution is 0.0714. The average molecular weight is 310 g/mol. The minimum Gasteiger partial charge on any atom is -0.459 e. The van der Waals surface area contributed by atoms with Gasteiger partial charge in [-0.25, -0.2) is 4.98 Å². The molecule has 0 N–H and O–H groups in total. The molecule has 3 rings (SSSR count). The van der Waals surface area contributed by atoms with Crippen LogP contribution in [-0.2, 0) is 0 Å². The predicted octanol–water partition coefficient (Wildman–Crippen LogP) is 2.13. The van der Waals surface area contributed by atoms with Crippen LogP contribution < -0.4 is 4.90 Å². The topological polar surface area (TPSA) is 73.4 Å². The molecule has 0 spiro atoms. The minimum atomic E-state index is -0.0939. The summed E-state index contributed by atoms with van der Waals surface area (Å²) in [5, 5.41) is 9.39. The van der Waals surface area contributed by atoms with Gasteiger partial charge in [-0.2, -0.15) is 5.26 Å². The monoisotopic (exact) mass is 310 g/mol. The van der Waals surface area contributed by atoms with E-state index in [4.69, 9.17) is 4.42 Å². The normalized spacial score (nSPS) is 14.7. The summed E-state index contributed by atoms with van der Waals surface area (Å²) < 4.78 is 5.17. The summed E-state index contributed by atoms with van der Waals surface area (Å²) in [5.41, 5.74) is 2.44. The Hall–Kier alpha value is -2.81. The second kappa shape index (κ2) is 6.13. The number of furan rings is 1. The van der Waals surface area contributed by atoms with Gasteiger partial charge in [0.2, 0.25) is 0 Å². The largest absolute Gasteiger partial charge is 0.459 e. The molecular weight excluding hydrogens is 292 g/mol. The Bertz CT molecular complexity index is 754. The SMILES string of the molecule is Cc1cc(C)c(C#N)c(N2CCN(C(=O)c3ccco3)CC2)n1. The molecule has 23 heavy (non-hydrogen) atoms. The zero-order chi connectivity index (χ0) is 16.4. The first-order valence-corrected chi connectivity index (χ1v) is 7.56. The van der Waals surface area contributed by atoms with Crippen LogP contribution in [0.15, 0.2) is 28.9 Å². The average Bonchev–Trinajstić information content (AvgIpc) is 3.08. The van der Waals surface area contributed by atoms with Crippen LogP contribution in [0.4, 0.5) is 5.82 Å². The second-order valence-electron chi connectivity index (χ2n) is 5.65. The molecule has 1 aliphatic heterocycles. The van der Waals surface area contributed by atoms with Gasteiger partial charge >= 0.3 is 0 Å². The van der Waals surface area contributed by atoms with Gasteiger partial charge in [0.15, 0.2) is 5.76 Å². The lowest BCUT2D eigenvalue weighted by Gasteiger charge is -2.35. The highest BCUT2D eigenvalue weighted by molar-refractivity contribution is 5.91. The van der Waals surface area contributed by atoms with E-state index in [0.717, 1.165) is 17.1 Å². The standard InChI is InChI=1S/C17H18N4O2/c1-12-10-13(2)19-16(14(12)11-18)20-5-7-21(8-6-20)17(22)15-4-3-9-23-15/h3-4,9-10H,5-8H2,1-2H3. The predicted molar refractivity (Wildman–Crippen MR) is 85.3 cm³/mol. The van der Waals surface area contributed by atoms with E-state index in [1.807, 2.05) is 19.9 Å². The third kappa shape index (κ3) is 2.90. The summed E-state index contributed by atoms with van der Waals surface area (Å²) in [6, 6.07) is 7.55. The van der Waals surface area contributed by atoms with Crippen LogP contribution >= 0.6 is 0 Å². The van der Waals surface area contributed by atoms with Gasteiger partial charge in [0.05, 0.1) is 11.8 Å². The lowest BCUT2D eigenvalue weighted by Crippen LogP contribution is -2.49. The molecule has 118 valence electrons. The fourth-order valence-corrected chi connectivity index (χ4v) is 2.86. The summed E-state index contributed by atoms with van der Waals surface area (Å²) >= 11 is 0. The fourth-order valence-electron chi connectivity index (χ4n) is 2.86. The van der Waals surface area contributed by atoms with E-state index in [-0.39, 0.29) is 5.91 Å². The number of pyridine rings is 1. The summed E-state index contributed by atoms with van der Waals surface area (Å²) in [4.78, 5) is 20.7. The number of hydrogen-bond acceptors (Lipinski definition) is 5. The maximum Gasteiger partial charge on any atom is 0.289 e. The molecule has 6 nitrogen and oxygen atoms in total. The van der Waals surface area contributed by atoms with Gasteiger partial charge in [-0.3, -0.25) is 4.79 Å². The Kier molecular flexibility index (Phi) is 4.02. The van der Waals surface area contributed by atoms with E-state index in [0.29, 0.717) is 37.5 Å². The molecule has 3 heterocycles. The molecule has 2 aromatic rings. The van der Waals surface area contributed by atoms with Gasteiger partial charge in [-0.1, -0.05) is 0 Å². The quantitative estimate of drug-likeness (QED) is 0.849. The van der Waals surface area contributed by atoms with Crippen molar-refractivity contribution in [3.05, 3.63) is 47.0 Å². The van der Waals surface area contributed by atoms with E-state index < -0.39 is 0 Å². The van der Waals surface area contributed by atoms with Crippen molar-refractivity contribution >= 4 is 11.7 Å². The molecular formula is C17H18N4O2. The molecule has 0 bridgehead atoms. The first kappa shape index (κ1) is 15.1. The molecule has 1 aliphatic rings. The highest BCUT2D eigenvalue weighted by Gasteiger charge is 2.26. The van der Waals surface area contributed by atoms with Crippen molar-refractivity contribution in [2.75, 3.05) is 31.1 Å².